The van der Waals surface area contributed by atoms with Crippen LogP contribution in [0.5, 0.6) is 5.75 Å². The van der Waals surface area contributed by atoms with Gasteiger partial charge in [-0.05, 0) is 0 Å². The fraction of sp³-hybridized carbons (Fsp3) is 0.143. The van der Waals surface area contributed by atoms with E-state index >= 15 is 0 Å². The Morgan fingerprint density at radius 1 is 1.47 bits per heavy atom. The maximum Gasteiger partial charge on any atom is 0.573 e. The number of nitrogens with one attached hydrogen (secondary N) is 1. The van der Waals surface area contributed by atoms with E-state index in [0.717, 1.165) is 0 Å². The molecule has 0 unspecified atom stereocenters. The Kier molecular flexibility index (Phi) is 2.69. The van der Waals surface area contributed by atoms with Crippen molar-refractivity contribution >= 4 is 12.0 Å². The summed E-state index contributed by atoms with van der Waals surface area (Å²) in [5.74, 6) is -0.905. The first-order chi connectivity index (χ1) is 6.83. The second-order valence-corrected chi connectivity index (χ2v) is 2.50. The van der Waals surface area contributed by atoms with E-state index in [1.165, 1.54) is 0 Å². The molecule has 0 spiro atoms. The summed E-state index contributed by atoms with van der Waals surface area (Å²) >= 11 is 0. The minimum atomic E-state index is -4.98. The van der Waals surface area contributed by atoms with E-state index in [0.29, 0.717) is 6.07 Å². The van der Waals surface area contributed by atoms with Gasteiger partial charge in [0.1, 0.15) is 5.69 Å². The van der Waals surface area contributed by atoms with Crippen LogP contribution in [0.2, 0.25) is 0 Å². The third-order valence-electron chi connectivity index (χ3n) is 1.39. The van der Waals surface area contributed by atoms with Crippen LogP contribution in [0.1, 0.15) is 10.5 Å². The number of pyridine rings is 1. The largest absolute Gasteiger partial charge is 0.573 e. The first-order valence-corrected chi connectivity index (χ1v) is 3.57. The van der Waals surface area contributed by atoms with Gasteiger partial charge in [0.2, 0.25) is 0 Å². The van der Waals surface area contributed by atoms with Crippen molar-refractivity contribution in [2.45, 2.75) is 6.36 Å². The van der Waals surface area contributed by atoms with Crippen LogP contribution in [0, 0.1) is 0 Å². The minimum absolute atomic E-state index is 0.0127. The predicted molar refractivity (Wildman–Crippen MR) is 43.5 cm³/mol. The molecule has 82 valence electrons. The van der Waals surface area contributed by atoms with E-state index in [1.807, 2.05) is 4.98 Å². The molecular weight excluding hydrogens is 217 g/mol. The van der Waals surface area contributed by atoms with Crippen LogP contribution in [0.3, 0.4) is 0 Å². The molecule has 1 rings (SSSR count). The van der Waals surface area contributed by atoms with Crippen molar-refractivity contribution in [2.75, 3.05) is 5.73 Å². The van der Waals surface area contributed by atoms with Gasteiger partial charge in [-0.1, -0.05) is 0 Å². The summed E-state index contributed by atoms with van der Waals surface area (Å²) in [5, 5.41) is 0. The number of carbonyl (C=O) groups is 1. The van der Waals surface area contributed by atoms with Gasteiger partial charge in [0.25, 0.3) is 5.56 Å². The monoisotopic (exact) mass is 222 g/mol. The van der Waals surface area contributed by atoms with E-state index in [-0.39, 0.29) is 6.29 Å². The number of aldehydes is 1. The van der Waals surface area contributed by atoms with Crippen LogP contribution in [0.4, 0.5) is 18.9 Å². The number of ether oxygens (including phenoxy) is 1. The molecule has 1 aromatic heterocycles. The molecule has 15 heavy (non-hydrogen) atoms. The van der Waals surface area contributed by atoms with E-state index in [9.17, 15) is 22.8 Å². The standard InChI is InChI=1S/C7H5F3N2O3/c8-7(9,10)15-6-3(11)1-5(14)12-4(6)2-13/h1-2H,(H3,11,12,14). The van der Waals surface area contributed by atoms with Gasteiger partial charge in [0, 0.05) is 6.07 Å². The molecule has 0 fully saturated rings. The van der Waals surface area contributed by atoms with Crippen molar-refractivity contribution < 1.29 is 22.7 Å². The minimum Gasteiger partial charge on any atom is -0.401 e. The average Bonchev–Trinajstić information content (AvgIpc) is 2.07. The van der Waals surface area contributed by atoms with Gasteiger partial charge >= 0.3 is 6.36 Å². The number of nitrogens with two attached hydrogens (primary N) is 1. The lowest BCUT2D eigenvalue weighted by atomic mass is 10.3. The van der Waals surface area contributed by atoms with Crippen LogP contribution >= 0.6 is 0 Å². The summed E-state index contributed by atoms with van der Waals surface area (Å²) in [6.07, 6.45) is -4.97. The second kappa shape index (κ2) is 3.64. The molecule has 0 aliphatic carbocycles. The van der Waals surface area contributed by atoms with Gasteiger partial charge in [-0.25, -0.2) is 0 Å². The molecule has 0 bridgehead atoms. The first kappa shape index (κ1) is 11.1. The summed E-state index contributed by atoms with van der Waals surface area (Å²) < 4.78 is 39.0. The third-order valence-corrected chi connectivity index (χ3v) is 1.39. The van der Waals surface area contributed by atoms with E-state index < -0.39 is 29.1 Å². The van der Waals surface area contributed by atoms with Gasteiger partial charge in [0.15, 0.2) is 12.0 Å². The molecule has 0 amide bonds. The van der Waals surface area contributed by atoms with Gasteiger partial charge in [-0.15, -0.1) is 13.2 Å². The molecule has 0 radical (unpaired) electrons. The summed E-state index contributed by atoms with van der Waals surface area (Å²) in [7, 11) is 0. The first-order valence-electron chi connectivity index (χ1n) is 3.57. The molecular formula is C7H5F3N2O3. The lowest BCUT2D eigenvalue weighted by molar-refractivity contribution is -0.274. The summed E-state index contributed by atoms with van der Waals surface area (Å²) in [6, 6.07) is 0.689. The summed E-state index contributed by atoms with van der Waals surface area (Å²) in [5.41, 5.74) is 3.10. The zero-order chi connectivity index (χ0) is 11.6. The molecule has 0 aliphatic rings. The average molecular weight is 222 g/mol. The normalized spacial score (nSPS) is 11.1. The predicted octanol–water partition coefficient (Wildman–Crippen LogP) is 0.668. The number of aromatic nitrogens is 1. The molecule has 0 atom stereocenters. The van der Waals surface area contributed by atoms with E-state index in [2.05, 4.69) is 4.74 Å². The number of nitrogen functional groups attached to an aromatic ring is 1. The lowest BCUT2D eigenvalue weighted by Gasteiger charge is -2.11. The molecule has 3 N–H and O–H groups in total. The summed E-state index contributed by atoms with van der Waals surface area (Å²) in [4.78, 5) is 23.0. The molecule has 8 heteroatoms. The van der Waals surface area contributed by atoms with Crippen LogP contribution in [0.15, 0.2) is 10.9 Å². The highest BCUT2D eigenvalue weighted by Gasteiger charge is 2.33. The van der Waals surface area contributed by atoms with Gasteiger partial charge in [0.05, 0.1) is 5.69 Å². The van der Waals surface area contributed by atoms with Crippen molar-refractivity contribution in [1.82, 2.24) is 4.98 Å². The van der Waals surface area contributed by atoms with Crippen molar-refractivity contribution in [3.05, 3.63) is 22.1 Å². The Balaban J connectivity index is 3.27. The number of hydrogen-bond donors (Lipinski definition) is 2. The van der Waals surface area contributed by atoms with Crippen molar-refractivity contribution in [2.24, 2.45) is 0 Å². The summed E-state index contributed by atoms with van der Waals surface area (Å²) in [6.45, 7) is 0. The fourth-order valence-electron chi connectivity index (χ4n) is 0.900. The Hall–Kier alpha value is -1.99. The second-order valence-electron chi connectivity index (χ2n) is 2.50. The smallest absolute Gasteiger partial charge is 0.401 e. The highest BCUT2D eigenvalue weighted by molar-refractivity contribution is 5.80. The van der Waals surface area contributed by atoms with Crippen LogP contribution in [-0.4, -0.2) is 17.6 Å². The SMILES string of the molecule is Nc1cc(=O)[nH]c(C=O)c1OC(F)(F)F. The Bertz CT molecular complexity index is 438. The Morgan fingerprint density at radius 2 is 2.07 bits per heavy atom. The van der Waals surface area contributed by atoms with Crippen molar-refractivity contribution in [1.29, 1.82) is 0 Å². The third kappa shape index (κ3) is 2.73. The van der Waals surface area contributed by atoms with Gasteiger partial charge in [-0.2, -0.15) is 0 Å². The Morgan fingerprint density at radius 3 is 2.53 bits per heavy atom. The molecule has 0 saturated heterocycles. The molecule has 0 aliphatic heterocycles. The van der Waals surface area contributed by atoms with Crippen molar-refractivity contribution in [3.8, 4) is 5.75 Å². The van der Waals surface area contributed by atoms with Gasteiger partial charge in [-0.3, -0.25) is 9.59 Å². The molecule has 0 saturated carbocycles. The van der Waals surface area contributed by atoms with Crippen LogP contribution in [-0.2, 0) is 0 Å². The van der Waals surface area contributed by atoms with E-state index in [1.54, 1.807) is 0 Å². The van der Waals surface area contributed by atoms with E-state index in [4.69, 9.17) is 5.73 Å². The van der Waals surface area contributed by atoms with Gasteiger partial charge < -0.3 is 15.5 Å². The molecule has 1 aromatic rings. The molecule has 5 nitrogen and oxygen atoms in total. The number of alkyl halides is 3. The Labute approximate surface area is 80.7 Å². The fourth-order valence-corrected chi connectivity index (χ4v) is 0.900. The quantitative estimate of drug-likeness (QED) is 0.720. The highest BCUT2D eigenvalue weighted by Crippen LogP contribution is 2.28. The number of aromatic amines is 1. The zero-order valence-corrected chi connectivity index (χ0v) is 7.09. The maximum absolute atomic E-state index is 11.9. The van der Waals surface area contributed by atoms with Crippen molar-refractivity contribution in [3.63, 3.8) is 0 Å². The number of carbonyl (C=O) groups excluding carboxylic acids is 1. The number of H-pyrrole nitrogens is 1. The number of hydrogen-bond acceptors (Lipinski definition) is 4. The topological polar surface area (TPSA) is 85.2 Å². The molecule has 1 heterocycles. The number of rotatable bonds is 2. The zero-order valence-electron chi connectivity index (χ0n) is 7.09. The maximum atomic E-state index is 11.9. The van der Waals surface area contributed by atoms with Crippen LogP contribution in [0.25, 0.3) is 0 Å². The number of anilines is 1. The van der Waals surface area contributed by atoms with Crippen LogP contribution < -0.4 is 16.0 Å². The number of halogens is 3. The molecule has 0 aromatic carbocycles. The highest BCUT2D eigenvalue weighted by atomic mass is 19.4. The lowest BCUT2D eigenvalue weighted by Crippen LogP contribution is -2.21.